The van der Waals surface area contributed by atoms with Crippen LogP contribution in [0.3, 0.4) is 0 Å². The first-order chi connectivity index (χ1) is 10.1. The summed E-state index contributed by atoms with van der Waals surface area (Å²) in [5.41, 5.74) is 0.391. The summed E-state index contributed by atoms with van der Waals surface area (Å²) in [5.74, 6) is -0.677. The Kier molecular flexibility index (Phi) is 4.90. The Morgan fingerprint density at radius 3 is 2.52 bits per heavy atom. The van der Waals surface area contributed by atoms with Crippen molar-refractivity contribution in [3.8, 4) is 0 Å². The monoisotopic (exact) mass is 304 g/mol. The van der Waals surface area contributed by atoms with Crippen LogP contribution in [0, 0.1) is 0 Å². The van der Waals surface area contributed by atoms with Gasteiger partial charge in [-0.3, -0.25) is 4.79 Å². The Labute approximate surface area is 126 Å². The van der Waals surface area contributed by atoms with Gasteiger partial charge in [-0.15, -0.1) is 0 Å². The minimum absolute atomic E-state index is 0.340. The number of nitrogens with one attached hydrogen (secondary N) is 1. The number of anilines is 1. The van der Waals surface area contributed by atoms with Gasteiger partial charge in [-0.05, 0) is 31.2 Å². The Bertz CT molecular complexity index is 629. The Morgan fingerprint density at radius 1 is 1.19 bits per heavy atom. The molecule has 1 amide bonds. The molecule has 2 aromatic rings. The van der Waals surface area contributed by atoms with Crippen molar-refractivity contribution in [3.63, 3.8) is 0 Å². The highest BCUT2D eigenvalue weighted by Gasteiger charge is 2.19. The van der Waals surface area contributed by atoms with E-state index in [2.05, 4.69) is 10.3 Å². The van der Waals surface area contributed by atoms with Gasteiger partial charge in [0.25, 0.3) is 5.91 Å². The number of nitrogens with zero attached hydrogens (tertiary/aromatic N) is 1. The zero-order chi connectivity index (χ0) is 15.2. The second-order valence-corrected chi connectivity index (χ2v) is 4.70. The van der Waals surface area contributed by atoms with Crippen molar-refractivity contribution >= 4 is 29.3 Å². The Hall–Kier alpha value is -2.40. The number of ether oxygens (including phenoxy) is 1. The lowest BCUT2D eigenvalue weighted by atomic mass is 10.2. The standard InChI is InChI=1S/C15H13ClN2O3/c1-10(21-15(20)11-5-3-2-4-6-11)14(19)18-13-8-7-12(16)9-17-13/h2-10H,1H3,(H,17,18,19)/t10-/m0/s1. The van der Waals surface area contributed by atoms with Gasteiger partial charge in [-0.1, -0.05) is 29.8 Å². The molecule has 6 heteroatoms. The number of amides is 1. The maximum atomic E-state index is 11.9. The quantitative estimate of drug-likeness (QED) is 0.882. The van der Waals surface area contributed by atoms with Gasteiger partial charge in [0.05, 0.1) is 10.6 Å². The van der Waals surface area contributed by atoms with Crippen LogP contribution in [0.15, 0.2) is 48.7 Å². The molecule has 0 saturated heterocycles. The molecule has 0 saturated carbocycles. The summed E-state index contributed by atoms with van der Waals surface area (Å²) in [6.07, 6.45) is 0.479. The van der Waals surface area contributed by atoms with Crippen molar-refractivity contribution in [2.75, 3.05) is 5.32 Å². The third-order valence-electron chi connectivity index (χ3n) is 2.64. The van der Waals surface area contributed by atoms with Gasteiger partial charge in [-0.2, -0.15) is 0 Å². The van der Waals surface area contributed by atoms with Gasteiger partial charge >= 0.3 is 5.97 Å². The normalized spacial score (nSPS) is 11.5. The zero-order valence-corrected chi connectivity index (χ0v) is 12.0. The van der Waals surface area contributed by atoms with Crippen LogP contribution < -0.4 is 5.32 Å². The first-order valence-electron chi connectivity index (χ1n) is 6.24. The number of carbonyl (C=O) groups excluding carboxylic acids is 2. The Balaban J connectivity index is 1.93. The number of esters is 1. The van der Waals surface area contributed by atoms with Gasteiger partial charge in [0, 0.05) is 6.20 Å². The van der Waals surface area contributed by atoms with E-state index in [1.807, 2.05) is 0 Å². The summed E-state index contributed by atoms with van der Waals surface area (Å²) in [6, 6.07) is 11.6. The first-order valence-corrected chi connectivity index (χ1v) is 6.62. The molecule has 0 aliphatic carbocycles. The van der Waals surface area contributed by atoms with Crippen molar-refractivity contribution < 1.29 is 14.3 Å². The summed E-state index contributed by atoms with van der Waals surface area (Å²) in [6.45, 7) is 1.49. The summed E-state index contributed by atoms with van der Waals surface area (Å²) < 4.78 is 5.09. The molecule has 21 heavy (non-hydrogen) atoms. The number of halogens is 1. The second-order valence-electron chi connectivity index (χ2n) is 4.26. The molecule has 1 aromatic heterocycles. The number of pyridine rings is 1. The molecule has 0 aliphatic rings. The molecule has 0 unspecified atom stereocenters. The van der Waals surface area contributed by atoms with E-state index in [0.29, 0.717) is 16.4 Å². The van der Waals surface area contributed by atoms with E-state index in [0.717, 1.165) is 0 Å². The molecule has 1 heterocycles. The van der Waals surface area contributed by atoms with Crippen LogP contribution in [0.2, 0.25) is 5.02 Å². The lowest BCUT2D eigenvalue weighted by Gasteiger charge is -2.13. The summed E-state index contributed by atoms with van der Waals surface area (Å²) in [5, 5.41) is 3.01. The maximum Gasteiger partial charge on any atom is 0.338 e. The van der Waals surface area contributed by atoms with Crippen LogP contribution in [0.5, 0.6) is 0 Å². The van der Waals surface area contributed by atoms with Crippen LogP contribution in [-0.2, 0) is 9.53 Å². The van der Waals surface area contributed by atoms with Crippen LogP contribution in [-0.4, -0.2) is 23.0 Å². The molecule has 0 bridgehead atoms. The van der Waals surface area contributed by atoms with E-state index in [1.54, 1.807) is 42.5 Å². The molecule has 1 aromatic carbocycles. The predicted octanol–water partition coefficient (Wildman–Crippen LogP) is 2.92. The second kappa shape index (κ2) is 6.85. The molecule has 1 N–H and O–H groups in total. The number of aromatic nitrogens is 1. The molecule has 0 fully saturated rings. The number of benzene rings is 1. The molecule has 2 rings (SSSR count). The SMILES string of the molecule is C[C@H](OC(=O)c1ccccc1)C(=O)Nc1ccc(Cl)cn1. The van der Waals surface area contributed by atoms with E-state index in [1.165, 1.54) is 13.1 Å². The average molecular weight is 305 g/mol. The van der Waals surface area contributed by atoms with Gasteiger partial charge < -0.3 is 10.1 Å². The third kappa shape index (κ3) is 4.29. The number of rotatable bonds is 4. The topological polar surface area (TPSA) is 68.3 Å². The van der Waals surface area contributed by atoms with Gasteiger partial charge in [0.15, 0.2) is 6.10 Å². The maximum absolute atomic E-state index is 11.9. The minimum atomic E-state index is -0.935. The molecule has 0 spiro atoms. The lowest BCUT2D eigenvalue weighted by Crippen LogP contribution is -2.30. The fourth-order valence-corrected chi connectivity index (χ4v) is 1.65. The summed E-state index contributed by atoms with van der Waals surface area (Å²) >= 11 is 5.70. The van der Waals surface area contributed by atoms with Crippen LogP contribution in [0.4, 0.5) is 5.82 Å². The zero-order valence-electron chi connectivity index (χ0n) is 11.2. The van der Waals surface area contributed by atoms with Crippen molar-refractivity contribution in [2.45, 2.75) is 13.0 Å². The Morgan fingerprint density at radius 2 is 1.90 bits per heavy atom. The van der Waals surface area contributed by atoms with Crippen molar-refractivity contribution in [1.29, 1.82) is 0 Å². The molecule has 108 valence electrons. The molecule has 0 aliphatic heterocycles. The average Bonchev–Trinajstić information content (AvgIpc) is 2.50. The largest absolute Gasteiger partial charge is 0.449 e. The highest BCUT2D eigenvalue weighted by molar-refractivity contribution is 6.30. The lowest BCUT2D eigenvalue weighted by molar-refractivity contribution is -0.123. The van der Waals surface area contributed by atoms with E-state index < -0.39 is 18.0 Å². The third-order valence-corrected chi connectivity index (χ3v) is 2.86. The fourth-order valence-electron chi connectivity index (χ4n) is 1.53. The van der Waals surface area contributed by atoms with Gasteiger partial charge in [-0.25, -0.2) is 9.78 Å². The van der Waals surface area contributed by atoms with Crippen molar-refractivity contribution in [1.82, 2.24) is 4.98 Å². The predicted molar refractivity (Wildman–Crippen MR) is 79.2 cm³/mol. The molecule has 5 nitrogen and oxygen atoms in total. The molecular formula is C15H13ClN2O3. The van der Waals surface area contributed by atoms with Crippen molar-refractivity contribution in [2.24, 2.45) is 0 Å². The number of hydrogen-bond acceptors (Lipinski definition) is 4. The molecule has 1 atom stereocenters. The van der Waals surface area contributed by atoms with Crippen LogP contribution in [0.25, 0.3) is 0 Å². The smallest absolute Gasteiger partial charge is 0.338 e. The first kappa shape index (κ1) is 15.0. The molecular weight excluding hydrogens is 292 g/mol. The van der Waals surface area contributed by atoms with E-state index in [9.17, 15) is 9.59 Å². The van der Waals surface area contributed by atoms with E-state index in [4.69, 9.17) is 16.3 Å². The molecule has 0 radical (unpaired) electrons. The van der Waals surface area contributed by atoms with Gasteiger partial charge in [0.1, 0.15) is 5.82 Å². The van der Waals surface area contributed by atoms with Crippen molar-refractivity contribution in [3.05, 3.63) is 59.2 Å². The van der Waals surface area contributed by atoms with Crippen LogP contribution >= 0.6 is 11.6 Å². The summed E-state index contributed by atoms with van der Waals surface area (Å²) in [4.78, 5) is 27.7. The summed E-state index contributed by atoms with van der Waals surface area (Å²) in [7, 11) is 0. The van der Waals surface area contributed by atoms with E-state index >= 15 is 0 Å². The minimum Gasteiger partial charge on any atom is -0.449 e. The van der Waals surface area contributed by atoms with Gasteiger partial charge in [0.2, 0.25) is 0 Å². The fraction of sp³-hybridized carbons (Fsp3) is 0.133. The van der Waals surface area contributed by atoms with Crippen LogP contribution in [0.1, 0.15) is 17.3 Å². The number of carbonyl (C=O) groups is 2. The highest BCUT2D eigenvalue weighted by atomic mass is 35.5. The highest BCUT2D eigenvalue weighted by Crippen LogP contribution is 2.10. The number of hydrogen-bond donors (Lipinski definition) is 1. The van der Waals surface area contributed by atoms with E-state index in [-0.39, 0.29) is 0 Å².